The summed E-state index contributed by atoms with van der Waals surface area (Å²) < 4.78 is 26.7. The quantitative estimate of drug-likeness (QED) is 0.791. The van der Waals surface area contributed by atoms with E-state index in [1.165, 1.54) is 24.3 Å². The van der Waals surface area contributed by atoms with Crippen LogP contribution in [0.1, 0.15) is 42.5 Å². The summed E-state index contributed by atoms with van der Waals surface area (Å²) in [5.74, 6) is -0.347. The average molecular weight is 341 g/mol. The number of rotatable bonds is 2. The summed E-state index contributed by atoms with van der Waals surface area (Å²) in [7, 11) is 2.03. The lowest BCUT2D eigenvalue weighted by atomic mass is 9.66. The summed E-state index contributed by atoms with van der Waals surface area (Å²) in [4.78, 5) is 15.3. The predicted molar refractivity (Wildman–Crippen MR) is 91.9 cm³/mol. The molecule has 0 radical (unpaired) electrons. The number of piperidine rings is 1. The second-order valence-corrected chi connectivity index (χ2v) is 7.20. The van der Waals surface area contributed by atoms with Gasteiger partial charge in [0.1, 0.15) is 17.4 Å². The molecule has 1 aliphatic heterocycles. The van der Waals surface area contributed by atoms with Crippen molar-refractivity contribution in [3.63, 3.8) is 0 Å². The van der Waals surface area contributed by atoms with Crippen LogP contribution >= 0.6 is 0 Å². The van der Waals surface area contributed by atoms with E-state index in [4.69, 9.17) is 0 Å². The van der Waals surface area contributed by atoms with Gasteiger partial charge < -0.3 is 0 Å². The first kappa shape index (κ1) is 16.4. The zero-order valence-electron chi connectivity index (χ0n) is 14.2. The lowest BCUT2D eigenvalue weighted by molar-refractivity contribution is -0.143. The molecule has 1 aliphatic carbocycles. The van der Waals surface area contributed by atoms with Crippen LogP contribution in [-0.4, -0.2) is 17.7 Å². The van der Waals surface area contributed by atoms with Crippen molar-refractivity contribution in [1.82, 2.24) is 4.90 Å². The maximum atomic E-state index is 13.3. The van der Waals surface area contributed by atoms with Crippen LogP contribution in [0, 0.1) is 23.5 Å². The van der Waals surface area contributed by atoms with E-state index in [-0.39, 0.29) is 35.6 Å². The van der Waals surface area contributed by atoms with Crippen molar-refractivity contribution in [1.29, 1.82) is 0 Å². The highest BCUT2D eigenvalue weighted by Crippen LogP contribution is 2.50. The van der Waals surface area contributed by atoms with E-state index in [0.717, 1.165) is 30.4 Å². The number of benzene rings is 2. The summed E-state index contributed by atoms with van der Waals surface area (Å²) in [5.41, 5.74) is 1.93. The maximum Gasteiger partial charge on any atom is 0.142 e. The van der Waals surface area contributed by atoms with Crippen molar-refractivity contribution in [3.05, 3.63) is 71.3 Å². The van der Waals surface area contributed by atoms with E-state index in [2.05, 4.69) is 4.90 Å². The van der Waals surface area contributed by atoms with Gasteiger partial charge in [-0.05, 0) is 55.3 Å². The average Bonchev–Trinajstić information content (AvgIpc) is 2.60. The van der Waals surface area contributed by atoms with E-state index >= 15 is 0 Å². The van der Waals surface area contributed by atoms with Gasteiger partial charge in [-0.15, -0.1) is 0 Å². The normalized spacial score (nSPS) is 29.6. The van der Waals surface area contributed by atoms with Gasteiger partial charge >= 0.3 is 0 Å². The Morgan fingerprint density at radius 1 is 0.800 bits per heavy atom. The molecule has 4 heteroatoms. The number of nitrogens with zero attached hydrogens (tertiary/aromatic N) is 1. The summed E-state index contributed by atoms with van der Waals surface area (Å²) in [6, 6.07) is 12.8. The van der Waals surface area contributed by atoms with Gasteiger partial charge in [-0.2, -0.15) is 0 Å². The first-order chi connectivity index (χ1) is 12.1. The smallest absolute Gasteiger partial charge is 0.142 e. The Labute approximate surface area is 146 Å². The Balaban J connectivity index is 1.77. The molecular formula is C21H21F2NO. The lowest BCUT2D eigenvalue weighted by Gasteiger charge is -2.50. The maximum absolute atomic E-state index is 13.3. The number of halogens is 2. The number of Topliss-reactive ketones (excluding diaryl/α,β-unsaturated/α-hetero) is 1. The van der Waals surface area contributed by atoms with Crippen LogP contribution in [0.5, 0.6) is 0 Å². The lowest BCUT2D eigenvalue weighted by Crippen LogP contribution is -2.51. The molecule has 0 spiro atoms. The molecule has 0 amide bonds. The number of carbonyl (C=O) groups is 1. The highest BCUT2D eigenvalue weighted by molar-refractivity contribution is 5.86. The molecule has 1 heterocycles. The first-order valence-corrected chi connectivity index (χ1v) is 8.83. The molecule has 2 nitrogen and oxygen atoms in total. The zero-order chi connectivity index (χ0) is 17.6. The Hall–Kier alpha value is -2.07. The van der Waals surface area contributed by atoms with Gasteiger partial charge in [0.15, 0.2) is 0 Å². The second-order valence-electron chi connectivity index (χ2n) is 7.20. The van der Waals surface area contributed by atoms with E-state index in [0.29, 0.717) is 5.78 Å². The summed E-state index contributed by atoms with van der Waals surface area (Å²) in [6.07, 6.45) is 2.76. The molecular weight excluding hydrogens is 320 g/mol. The first-order valence-electron chi connectivity index (χ1n) is 8.83. The molecule has 1 saturated heterocycles. The molecule has 130 valence electrons. The van der Waals surface area contributed by atoms with E-state index < -0.39 is 0 Å². The molecule has 1 saturated carbocycles. The minimum atomic E-state index is -0.273. The van der Waals surface area contributed by atoms with Crippen LogP contribution in [0.15, 0.2) is 48.5 Å². The number of ketones is 1. The molecule has 2 bridgehead atoms. The standard InChI is InChI=1S/C21H21F2NO/c1-24-19(13-5-9-15(22)10-6-13)17-3-2-4-18(21(17)25)20(24)14-7-11-16(23)12-8-14/h5-12,17-20H,2-4H2,1H3/t17-,18+,19+,20-. The number of carbonyl (C=O) groups excluding carboxylic acids is 1. The van der Waals surface area contributed by atoms with Gasteiger partial charge in [-0.25, -0.2) is 8.78 Å². The fourth-order valence-corrected chi connectivity index (χ4v) is 4.74. The molecule has 2 aliphatic rings. The van der Waals surface area contributed by atoms with Gasteiger partial charge in [0.25, 0.3) is 0 Å². The Morgan fingerprint density at radius 2 is 1.20 bits per heavy atom. The molecule has 4 rings (SSSR count). The number of fused-ring (bicyclic) bond motifs is 2. The summed E-state index contributed by atoms with van der Waals surface area (Å²) >= 11 is 0. The summed E-state index contributed by atoms with van der Waals surface area (Å²) in [5, 5.41) is 0. The van der Waals surface area contributed by atoms with Crippen LogP contribution in [0.25, 0.3) is 0 Å². The fraction of sp³-hybridized carbons (Fsp3) is 0.381. The largest absolute Gasteiger partial charge is 0.299 e. The van der Waals surface area contributed by atoms with Crippen LogP contribution in [0.4, 0.5) is 8.78 Å². The molecule has 0 unspecified atom stereocenters. The van der Waals surface area contributed by atoms with Crippen molar-refractivity contribution in [2.75, 3.05) is 7.05 Å². The Morgan fingerprint density at radius 3 is 1.60 bits per heavy atom. The van der Waals surface area contributed by atoms with Crippen molar-refractivity contribution < 1.29 is 13.6 Å². The summed E-state index contributed by atoms with van der Waals surface area (Å²) in [6.45, 7) is 0. The molecule has 0 N–H and O–H groups in total. The topological polar surface area (TPSA) is 20.3 Å². The minimum Gasteiger partial charge on any atom is -0.299 e. The van der Waals surface area contributed by atoms with Crippen LogP contribution in [0.3, 0.4) is 0 Å². The number of hydrogen-bond donors (Lipinski definition) is 0. The highest BCUT2D eigenvalue weighted by Gasteiger charge is 2.49. The van der Waals surface area contributed by atoms with Gasteiger partial charge in [0.2, 0.25) is 0 Å². The van der Waals surface area contributed by atoms with Crippen LogP contribution < -0.4 is 0 Å². The van der Waals surface area contributed by atoms with Crippen LogP contribution in [0.2, 0.25) is 0 Å². The molecule has 2 fully saturated rings. The van der Waals surface area contributed by atoms with Crippen molar-refractivity contribution >= 4 is 5.78 Å². The van der Waals surface area contributed by atoms with Gasteiger partial charge in [-0.1, -0.05) is 30.7 Å². The number of hydrogen-bond acceptors (Lipinski definition) is 2. The van der Waals surface area contributed by atoms with Crippen molar-refractivity contribution in [2.24, 2.45) is 11.8 Å². The van der Waals surface area contributed by atoms with E-state index in [1.54, 1.807) is 24.3 Å². The third-order valence-electron chi connectivity index (χ3n) is 5.82. The van der Waals surface area contributed by atoms with Gasteiger partial charge in [-0.3, -0.25) is 9.69 Å². The van der Waals surface area contributed by atoms with E-state index in [1.807, 2.05) is 7.05 Å². The SMILES string of the molecule is CN1[C@H](c2ccc(F)cc2)[C@@H]2CCC[C@@H](C2=O)[C@@H]1c1ccc(F)cc1. The predicted octanol–water partition coefficient (Wildman–Crippen LogP) is 4.68. The Kier molecular flexibility index (Phi) is 4.16. The van der Waals surface area contributed by atoms with E-state index in [9.17, 15) is 13.6 Å². The van der Waals surface area contributed by atoms with Gasteiger partial charge in [0, 0.05) is 23.9 Å². The molecule has 0 aromatic heterocycles. The molecule has 2 aromatic carbocycles. The van der Waals surface area contributed by atoms with Crippen LogP contribution in [-0.2, 0) is 4.79 Å². The molecule has 2 aromatic rings. The highest BCUT2D eigenvalue weighted by atomic mass is 19.1. The van der Waals surface area contributed by atoms with Crippen molar-refractivity contribution in [3.8, 4) is 0 Å². The fourth-order valence-electron chi connectivity index (χ4n) is 4.74. The minimum absolute atomic E-state index is 0.0501. The monoisotopic (exact) mass is 341 g/mol. The van der Waals surface area contributed by atoms with Gasteiger partial charge in [0.05, 0.1) is 0 Å². The van der Waals surface area contributed by atoms with Crippen molar-refractivity contribution in [2.45, 2.75) is 31.3 Å². The Bertz CT molecular complexity index is 708. The zero-order valence-corrected chi connectivity index (χ0v) is 14.2. The number of likely N-dealkylation sites (tertiary alicyclic amines) is 1. The molecule has 25 heavy (non-hydrogen) atoms. The third-order valence-corrected chi connectivity index (χ3v) is 5.82. The molecule has 4 atom stereocenters. The third kappa shape index (κ3) is 2.78. The second kappa shape index (κ2) is 6.34.